The lowest BCUT2D eigenvalue weighted by Crippen LogP contribution is -2.31. The highest BCUT2D eigenvalue weighted by molar-refractivity contribution is 8.05. The molecule has 158 valence electrons. The molecule has 1 aliphatic rings. The third-order valence-electron chi connectivity index (χ3n) is 5.16. The van der Waals surface area contributed by atoms with Crippen LogP contribution in [0.2, 0.25) is 0 Å². The van der Waals surface area contributed by atoms with Gasteiger partial charge in [0.05, 0.1) is 10.9 Å². The maximum absolute atomic E-state index is 13.5. The van der Waals surface area contributed by atoms with E-state index in [4.69, 9.17) is 0 Å². The van der Waals surface area contributed by atoms with Crippen LogP contribution < -0.4 is 10.2 Å². The van der Waals surface area contributed by atoms with Gasteiger partial charge in [-0.05, 0) is 42.7 Å². The number of carbonyl (C=O) groups excluding carboxylic acids is 2. The van der Waals surface area contributed by atoms with E-state index in [0.717, 1.165) is 11.1 Å². The standard InChI is InChI=1S/C26H21N3O2S/c1-18-10-8-9-15-22(18)29-25(31)23(16-19-11-4-2-5-12-19)32-26(29)21(17-27)24(30)28-20-13-6-3-7-14-20/h2-15,23H,16H2,1H3,(H,28,30)/b26-21+/t23-/m0/s1. The highest BCUT2D eigenvalue weighted by atomic mass is 32.2. The highest BCUT2D eigenvalue weighted by Crippen LogP contribution is 2.42. The van der Waals surface area contributed by atoms with Crippen molar-refractivity contribution in [1.82, 2.24) is 0 Å². The Bertz CT molecular complexity index is 1220. The van der Waals surface area contributed by atoms with Crippen LogP contribution in [0.25, 0.3) is 0 Å². The summed E-state index contributed by atoms with van der Waals surface area (Å²) in [7, 11) is 0. The zero-order valence-corrected chi connectivity index (χ0v) is 18.3. The van der Waals surface area contributed by atoms with Gasteiger partial charge in [0.1, 0.15) is 16.7 Å². The molecule has 0 bridgehead atoms. The van der Waals surface area contributed by atoms with E-state index in [1.54, 1.807) is 24.3 Å². The number of benzene rings is 3. The second kappa shape index (κ2) is 9.54. The molecule has 6 heteroatoms. The van der Waals surface area contributed by atoms with Crippen LogP contribution in [0, 0.1) is 18.3 Å². The molecule has 1 aliphatic heterocycles. The Morgan fingerprint density at radius 2 is 1.62 bits per heavy atom. The third kappa shape index (κ3) is 4.43. The minimum Gasteiger partial charge on any atom is -0.321 e. The summed E-state index contributed by atoms with van der Waals surface area (Å²) in [4.78, 5) is 28.0. The van der Waals surface area contributed by atoms with Gasteiger partial charge in [-0.1, -0.05) is 78.5 Å². The molecule has 1 N–H and O–H groups in total. The monoisotopic (exact) mass is 439 g/mol. The molecule has 1 heterocycles. The van der Waals surface area contributed by atoms with E-state index in [1.807, 2.05) is 73.7 Å². The molecule has 0 aromatic heterocycles. The van der Waals surface area contributed by atoms with Crippen LogP contribution in [-0.4, -0.2) is 17.1 Å². The predicted octanol–water partition coefficient (Wildman–Crippen LogP) is 5.06. The molecule has 1 fully saturated rings. The quantitative estimate of drug-likeness (QED) is 0.445. The fourth-order valence-electron chi connectivity index (χ4n) is 3.56. The Morgan fingerprint density at radius 1 is 1.00 bits per heavy atom. The number of amides is 2. The molecule has 0 saturated carbocycles. The van der Waals surface area contributed by atoms with E-state index in [1.165, 1.54) is 16.7 Å². The maximum Gasteiger partial charge on any atom is 0.269 e. The Kier molecular flexibility index (Phi) is 6.39. The number of anilines is 2. The van der Waals surface area contributed by atoms with Crippen molar-refractivity contribution in [3.63, 3.8) is 0 Å². The van der Waals surface area contributed by atoms with Gasteiger partial charge in [-0.25, -0.2) is 0 Å². The fraction of sp³-hybridized carbons (Fsp3) is 0.115. The molecule has 3 aromatic rings. The van der Waals surface area contributed by atoms with Crippen molar-refractivity contribution in [2.24, 2.45) is 0 Å². The molecule has 0 unspecified atom stereocenters. The molecule has 0 radical (unpaired) electrons. The minimum absolute atomic E-state index is 0.0778. The number of nitrogens with zero attached hydrogens (tertiary/aromatic N) is 2. The Hall–Kier alpha value is -3.82. The molecule has 0 spiro atoms. The molecule has 2 amide bonds. The second-order valence-corrected chi connectivity index (χ2v) is 8.56. The molecule has 0 aliphatic carbocycles. The lowest BCUT2D eigenvalue weighted by molar-refractivity contribution is -0.117. The van der Waals surface area contributed by atoms with Gasteiger partial charge < -0.3 is 5.32 Å². The Morgan fingerprint density at radius 3 is 2.28 bits per heavy atom. The Balaban J connectivity index is 1.75. The van der Waals surface area contributed by atoms with Crippen molar-refractivity contribution in [3.05, 3.63) is 107 Å². The number of rotatable bonds is 5. The predicted molar refractivity (Wildman–Crippen MR) is 128 cm³/mol. The lowest BCUT2D eigenvalue weighted by atomic mass is 10.1. The van der Waals surface area contributed by atoms with E-state index < -0.39 is 11.2 Å². The van der Waals surface area contributed by atoms with Gasteiger partial charge in [-0.3, -0.25) is 14.5 Å². The second-order valence-electron chi connectivity index (χ2n) is 7.37. The van der Waals surface area contributed by atoms with E-state index >= 15 is 0 Å². The largest absolute Gasteiger partial charge is 0.321 e. The average Bonchev–Trinajstić information content (AvgIpc) is 3.11. The van der Waals surface area contributed by atoms with Gasteiger partial charge in [0, 0.05) is 5.69 Å². The minimum atomic E-state index is -0.534. The van der Waals surface area contributed by atoms with Crippen molar-refractivity contribution < 1.29 is 9.59 Å². The van der Waals surface area contributed by atoms with E-state index in [9.17, 15) is 14.9 Å². The van der Waals surface area contributed by atoms with Crippen molar-refractivity contribution >= 4 is 35.0 Å². The van der Waals surface area contributed by atoms with Gasteiger partial charge >= 0.3 is 0 Å². The molecular weight excluding hydrogens is 418 g/mol. The summed E-state index contributed by atoms with van der Waals surface area (Å²) in [6.07, 6.45) is 0.509. The number of hydrogen-bond donors (Lipinski definition) is 1. The van der Waals surface area contributed by atoms with Crippen LogP contribution in [0.15, 0.2) is 95.5 Å². The number of carbonyl (C=O) groups is 2. The number of nitriles is 1. The number of hydrogen-bond acceptors (Lipinski definition) is 4. The average molecular weight is 440 g/mol. The third-order valence-corrected chi connectivity index (χ3v) is 6.42. The van der Waals surface area contributed by atoms with E-state index in [-0.39, 0.29) is 11.5 Å². The summed E-state index contributed by atoms with van der Waals surface area (Å²) in [5.41, 5.74) is 3.10. The first kappa shape index (κ1) is 21.4. The topological polar surface area (TPSA) is 73.2 Å². The zero-order chi connectivity index (χ0) is 22.5. The van der Waals surface area contributed by atoms with Crippen LogP contribution >= 0.6 is 11.8 Å². The number of para-hydroxylation sites is 2. The van der Waals surface area contributed by atoms with Gasteiger partial charge in [-0.15, -0.1) is 0 Å². The molecular formula is C26H21N3O2S. The van der Waals surface area contributed by atoms with Gasteiger partial charge in [-0.2, -0.15) is 5.26 Å². The SMILES string of the molecule is Cc1ccccc1N1C(=O)[C@H](Cc2ccccc2)S/C1=C(\C#N)C(=O)Nc1ccccc1. The molecule has 1 saturated heterocycles. The van der Waals surface area contributed by atoms with Crippen LogP contribution in [0.3, 0.4) is 0 Å². The summed E-state index contributed by atoms with van der Waals surface area (Å²) in [6, 6.07) is 28.2. The summed E-state index contributed by atoms with van der Waals surface area (Å²) < 4.78 is 0. The first-order chi connectivity index (χ1) is 15.6. The van der Waals surface area contributed by atoms with E-state index in [2.05, 4.69) is 5.32 Å². The number of nitrogens with one attached hydrogen (secondary N) is 1. The molecule has 5 nitrogen and oxygen atoms in total. The first-order valence-corrected chi connectivity index (χ1v) is 11.1. The summed E-state index contributed by atoms with van der Waals surface area (Å²) in [5.74, 6) is -0.670. The van der Waals surface area contributed by atoms with E-state index in [0.29, 0.717) is 22.8 Å². The maximum atomic E-state index is 13.5. The normalized spacial score (nSPS) is 17.1. The highest BCUT2D eigenvalue weighted by Gasteiger charge is 2.41. The van der Waals surface area contributed by atoms with Crippen molar-refractivity contribution in [1.29, 1.82) is 5.26 Å². The molecule has 1 atom stereocenters. The first-order valence-electron chi connectivity index (χ1n) is 10.2. The van der Waals surface area contributed by atoms with Crippen molar-refractivity contribution in [3.8, 4) is 6.07 Å². The van der Waals surface area contributed by atoms with Crippen LogP contribution in [-0.2, 0) is 16.0 Å². The zero-order valence-electron chi connectivity index (χ0n) is 17.5. The fourth-order valence-corrected chi connectivity index (χ4v) is 4.86. The Labute approximate surface area is 191 Å². The lowest BCUT2D eigenvalue weighted by Gasteiger charge is -2.20. The van der Waals surface area contributed by atoms with Gasteiger partial charge in [0.25, 0.3) is 5.91 Å². The summed E-state index contributed by atoms with van der Waals surface area (Å²) >= 11 is 1.27. The number of aryl methyl sites for hydroxylation is 1. The summed E-state index contributed by atoms with van der Waals surface area (Å²) in [6.45, 7) is 1.91. The summed E-state index contributed by atoms with van der Waals surface area (Å²) in [5, 5.41) is 12.6. The smallest absolute Gasteiger partial charge is 0.269 e. The molecule has 3 aromatic carbocycles. The van der Waals surface area contributed by atoms with Gasteiger partial charge in [0.15, 0.2) is 0 Å². The van der Waals surface area contributed by atoms with Gasteiger partial charge in [0.2, 0.25) is 5.91 Å². The van der Waals surface area contributed by atoms with Crippen molar-refractivity contribution in [2.45, 2.75) is 18.6 Å². The number of thioether (sulfide) groups is 1. The molecule has 32 heavy (non-hydrogen) atoms. The van der Waals surface area contributed by atoms with Crippen LogP contribution in [0.5, 0.6) is 0 Å². The van der Waals surface area contributed by atoms with Crippen LogP contribution in [0.4, 0.5) is 11.4 Å². The van der Waals surface area contributed by atoms with Crippen molar-refractivity contribution in [2.75, 3.05) is 10.2 Å². The van der Waals surface area contributed by atoms with Crippen LogP contribution in [0.1, 0.15) is 11.1 Å². The molecule has 4 rings (SSSR count).